The molecule has 4 nitrogen and oxygen atoms in total. The first-order chi connectivity index (χ1) is 8.41. The molecule has 0 aliphatic carbocycles. The van der Waals surface area contributed by atoms with E-state index in [1.165, 1.54) is 12.1 Å². The van der Waals surface area contributed by atoms with Crippen molar-refractivity contribution in [3.8, 4) is 0 Å². The van der Waals surface area contributed by atoms with Crippen molar-refractivity contribution in [1.29, 1.82) is 0 Å². The first-order valence-corrected chi connectivity index (χ1v) is 6.23. The van der Waals surface area contributed by atoms with Crippen LogP contribution in [0.4, 0.5) is 5.69 Å². The van der Waals surface area contributed by atoms with Gasteiger partial charge in [0.2, 0.25) is 0 Å². The van der Waals surface area contributed by atoms with Crippen LogP contribution in [-0.2, 0) is 4.74 Å². The quantitative estimate of drug-likeness (QED) is 0.515. The van der Waals surface area contributed by atoms with Crippen LogP contribution < -0.4 is 5.73 Å². The third-order valence-corrected chi connectivity index (χ3v) is 3.09. The second-order valence-electron chi connectivity index (χ2n) is 4.15. The van der Waals surface area contributed by atoms with E-state index in [0.29, 0.717) is 12.2 Å². The Morgan fingerprint density at radius 3 is 2.61 bits per heavy atom. The van der Waals surface area contributed by atoms with Crippen molar-refractivity contribution in [1.82, 2.24) is 4.90 Å². The standard InChI is InChI=1S/C12H16Cl2N2O2/c1-16(2)4-3-5-18-12(17)8-6-9(13)11(14)10(15)7-8/h6-7H,3-5,15H2,1-2H3. The van der Waals surface area contributed by atoms with Crippen LogP contribution in [0.3, 0.4) is 0 Å². The molecule has 1 aromatic rings. The zero-order chi connectivity index (χ0) is 13.7. The normalized spacial score (nSPS) is 10.7. The van der Waals surface area contributed by atoms with Crippen LogP contribution >= 0.6 is 23.2 Å². The van der Waals surface area contributed by atoms with E-state index in [4.69, 9.17) is 33.7 Å². The fourth-order valence-electron chi connectivity index (χ4n) is 1.36. The van der Waals surface area contributed by atoms with Crippen molar-refractivity contribution in [2.45, 2.75) is 6.42 Å². The molecule has 0 fully saturated rings. The lowest BCUT2D eigenvalue weighted by atomic mass is 10.2. The predicted octanol–water partition coefficient (Wildman–Crippen LogP) is 2.68. The van der Waals surface area contributed by atoms with Crippen molar-refractivity contribution < 1.29 is 9.53 Å². The highest BCUT2D eigenvalue weighted by Crippen LogP contribution is 2.29. The van der Waals surface area contributed by atoms with E-state index in [0.717, 1.165) is 13.0 Å². The molecule has 0 aliphatic rings. The maximum atomic E-state index is 11.7. The molecule has 0 aliphatic heterocycles. The van der Waals surface area contributed by atoms with Gasteiger partial charge in [-0.25, -0.2) is 4.79 Å². The van der Waals surface area contributed by atoms with Crippen LogP contribution in [0.25, 0.3) is 0 Å². The molecule has 0 radical (unpaired) electrons. The molecule has 0 heterocycles. The van der Waals surface area contributed by atoms with Gasteiger partial charge in [-0.1, -0.05) is 23.2 Å². The van der Waals surface area contributed by atoms with Gasteiger partial charge < -0.3 is 15.4 Å². The van der Waals surface area contributed by atoms with E-state index in [1.807, 2.05) is 19.0 Å². The molecular formula is C12H16Cl2N2O2. The van der Waals surface area contributed by atoms with Gasteiger partial charge in [0.25, 0.3) is 0 Å². The highest BCUT2D eigenvalue weighted by atomic mass is 35.5. The second-order valence-corrected chi connectivity index (χ2v) is 4.94. The van der Waals surface area contributed by atoms with Crippen LogP contribution in [0.1, 0.15) is 16.8 Å². The first kappa shape index (κ1) is 15.1. The van der Waals surface area contributed by atoms with Crippen LogP contribution in [0, 0.1) is 0 Å². The summed E-state index contributed by atoms with van der Waals surface area (Å²) in [4.78, 5) is 13.7. The minimum Gasteiger partial charge on any atom is -0.462 e. The zero-order valence-electron chi connectivity index (χ0n) is 10.4. The summed E-state index contributed by atoms with van der Waals surface area (Å²) in [5.41, 5.74) is 6.20. The molecule has 0 amide bonds. The summed E-state index contributed by atoms with van der Waals surface area (Å²) in [7, 11) is 3.92. The first-order valence-electron chi connectivity index (χ1n) is 5.48. The van der Waals surface area contributed by atoms with Gasteiger partial charge >= 0.3 is 5.97 Å². The van der Waals surface area contributed by atoms with E-state index >= 15 is 0 Å². The Hall–Kier alpha value is -0.970. The number of anilines is 1. The van der Waals surface area contributed by atoms with Crippen LogP contribution in [0.5, 0.6) is 0 Å². The summed E-state index contributed by atoms with van der Waals surface area (Å²) in [6.07, 6.45) is 0.773. The lowest BCUT2D eigenvalue weighted by Gasteiger charge is -2.10. The Balaban J connectivity index is 2.57. The minimum atomic E-state index is -0.445. The van der Waals surface area contributed by atoms with E-state index in [-0.39, 0.29) is 15.7 Å². The van der Waals surface area contributed by atoms with Crippen molar-refractivity contribution >= 4 is 34.9 Å². The number of hydrogen-bond acceptors (Lipinski definition) is 4. The summed E-state index contributed by atoms with van der Waals surface area (Å²) >= 11 is 11.6. The summed E-state index contributed by atoms with van der Waals surface area (Å²) in [6.45, 7) is 1.22. The largest absolute Gasteiger partial charge is 0.462 e. The zero-order valence-corrected chi connectivity index (χ0v) is 11.9. The summed E-state index contributed by atoms with van der Waals surface area (Å²) in [6, 6.07) is 2.91. The summed E-state index contributed by atoms with van der Waals surface area (Å²) in [5.74, 6) is -0.445. The number of ether oxygens (including phenoxy) is 1. The lowest BCUT2D eigenvalue weighted by molar-refractivity contribution is 0.0493. The van der Waals surface area contributed by atoms with E-state index in [2.05, 4.69) is 0 Å². The van der Waals surface area contributed by atoms with Crippen molar-refractivity contribution in [2.24, 2.45) is 0 Å². The number of hydrogen-bond donors (Lipinski definition) is 1. The van der Waals surface area contributed by atoms with Gasteiger partial charge in [-0.05, 0) is 32.6 Å². The number of esters is 1. The maximum absolute atomic E-state index is 11.7. The van der Waals surface area contributed by atoms with Gasteiger partial charge in [0.15, 0.2) is 0 Å². The third kappa shape index (κ3) is 4.37. The van der Waals surface area contributed by atoms with Crippen LogP contribution in [0.15, 0.2) is 12.1 Å². The monoisotopic (exact) mass is 290 g/mol. The van der Waals surface area contributed by atoms with Crippen molar-refractivity contribution in [3.63, 3.8) is 0 Å². The van der Waals surface area contributed by atoms with E-state index in [9.17, 15) is 4.79 Å². The topological polar surface area (TPSA) is 55.6 Å². The van der Waals surface area contributed by atoms with Gasteiger partial charge in [0.1, 0.15) is 0 Å². The molecule has 0 aromatic heterocycles. The van der Waals surface area contributed by atoms with Gasteiger partial charge in [-0.15, -0.1) is 0 Å². The molecule has 0 atom stereocenters. The van der Waals surface area contributed by atoms with Crippen LogP contribution in [0.2, 0.25) is 10.0 Å². The number of carbonyl (C=O) groups excluding carboxylic acids is 1. The summed E-state index contributed by atoms with van der Waals surface area (Å²) < 4.78 is 5.11. The fourth-order valence-corrected chi connectivity index (χ4v) is 1.69. The van der Waals surface area contributed by atoms with Gasteiger partial charge in [-0.3, -0.25) is 0 Å². The van der Waals surface area contributed by atoms with Gasteiger partial charge in [0, 0.05) is 6.54 Å². The SMILES string of the molecule is CN(C)CCCOC(=O)c1cc(N)c(Cl)c(Cl)c1. The average molecular weight is 291 g/mol. The molecule has 0 bridgehead atoms. The highest BCUT2D eigenvalue weighted by Gasteiger charge is 2.12. The predicted molar refractivity (Wildman–Crippen MR) is 74.3 cm³/mol. The lowest BCUT2D eigenvalue weighted by Crippen LogP contribution is -2.16. The molecular weight excluding hydrogens is 275 g/mol. The molecule has 1 rings (SSSR count). The Labute approximate surface area is 117 Å². The van der Waals surface area contributed by atoms with E-state index < -0.39 is 5.97 Å². The Bertz CT molecular complexity index is 413. The molecule has 2 N–H and O–H groups in total. The average Bonchev–Trinajstić information content (AvgIpc) is 2.30. The Morgan fingerprint density at radius 2 is 2.06 bits per heavy atom. The summed E-state index contributed by atoms with van der Waals surface area (Å²) in [5, 5.41) is 0.498. The van der Waals surface area contributed by atoms with Gasteiger partial charge in [-0.2, -0.15) is 0 Å². The number of carbonyl (C=O) groups is 1. The maximum Gasteiger partial charge on any atom is 0.338 e. The fraction of sp³-hybridized carbons (Fsp3) is 0.417. The van der Waals surface area contributed by atoms with Gasteiger partial charge in [0.05, 0.1) is 27.9 Å². The van der Waals surface area contributed by atoms with Crippen molar-refractivity contribution in [3.05, 3.63) is 27.7 Å². The number of nitrogens with two attached hydrogens (primary N) is 1. The number of rotatable bonds is 5. The number of nitrogen functional groups attached to an aromatic ring is 1. The molecule has 0 saturated heterocycles. The van der Waals surface area contributed by atoms with Crippen LogP contribution in [-0.4, -0.2) is 38.1 Å². The molecule has 100 valence electrons. The smallest absolute Gasteiger partial charge is 0.338 e. The Kier molecular flexibility index (Phi) is 5.72. The molecule has 0 saturated carbocycles. The highest BCUT2D eigenvalue weighted by molar-refractivity contribution is 6.43. The molecule has 18 heavy (non-hydrogen) atoms. The third-order valence-electron chi connectivity index (χ3n) is 2.27. The minimum absolute atomic E-state index is 0.247. The Morgan fingerprint density at radius 1 is 1.39 bits per heavy atom. The molecule has 6 heteroatoms. The number of halogens is 2. The molecule has 0 spiro atoms. The number of benzene rings is 1. The van der Waals surface area contributed by atoms with E-state index in [1.54, 1.807) is 0 Å². The molecule has 1 aromatic carbocycles. The van der Waals surface area contributed by atoms with Crippen molar-refractivity contribution in [2.75, 3.05) is 33.0 Å². The second kappa shape index (κ2) is 6.83. The number of nitrogens with zero attached hydrogens (tertiary/aromatic N) is 1. The molecule has 0 unspecified atom stereocenters.